The molecule has 0 aliphatic rings. The Labute approximate surface area is 94.5 Å². The van der Waals surface area contributed by atoms with Crippen LogP contribution < -0.4 is 5.32 Å². The lowest BCUT2D eigenvalue weighted by Crippen LogP contribution is -2.25. The van der Waals surface area contributed by atoms with Crippen LogP contribution in [0.4, 0.5) is 0 Å². The maximum atomic E-state index is 4.46. The van der Waals surface area contributed by atoms with Crippen LogP contribution in [0.3, 0.4) is 0 Å². The predicted molar refractivity (Wildman–Crippen MR) is 66.2 cm³/mol. The van der Waals surface area contributed by atoms with E-state index in [2.05, 4.69) is 35.8 Å². The number of rotatable bonds is 5. The minimum absolute atomic E-state index is 0.370. The maximum absolute atomic E-state index is 4.46. The summed E-state index contributed by atoms with van der Waals surface area (Å²) in [6, 6.07) is 0.370. The van der Waals surface area contributed by atoms with Gasteiger partial charge in [0, 0.05) is 23.2 Å². The zero-order valence-electron chi connectivity index (χ0n) is 9.20. The molecule has 14 heavy (non-hydrogen) atoms. The van der Waals surface area contributed by atoms with Crippen molar-refractivity contribution < 1.29 is 0 Å². The third-order valence-corrected chi connectivity index (χ3v) is 3.96. The molecule has 0 aromatic carbocycles. The average Bonchev–Trinajstić information content (AvgIpc) is 2.60. The van der Waals surface area contributed by atoms with Gasteiger partial charge in [-0.15, -0.1) is 11.3 Å². The molecule has 0 fully saturated rings. The normalized spacial score (nSPS) is 15.4. The van der Waals surface area contributed by atoms with Crippen molar-refractivity contribution in [3.8, 4) is 0 Å². The minimum atomic E-state index is 0.370. The third-order valence-electron chi connectivity index (χ3n) is 2.19. The van der Waals surface area contributed by atoms with Gasteiger partial charge >= 0.3 is 0 Å². The van der Waals surface area contributed by atoms with Crippen LogP contribution in [0.2, 0.25) is 0 Å². The van der Waals surface area contributed by atoms with Gasteiger partial charge in [-0.1, -0.05) is 6.92 Å². The number of nitrogens with one attached hydrogen (secondary N) is 1. The minimum Gasteiger partial charge on any atom is -0.308 e. The van der Waals surface area contributed by atoms with Gasteiger partial charge in [0.1, 0.15) is 0 Å². The molecular weight excluding hydrogens is 212 g/mol. The number of hydrogen-bond donors (Lipinski definition) is 1. The Bertz CT molecular complexity index is 273. The van der Waals surface area contributed by atoms with Crippen molar-refractivity contribution in [1.82, 2.24) is 10.3 Å². The van der Waals surface area contributed by atoms with Crippen LogP contribution in [0.15, 0.2) is 5.38 Å². The molecular formula is C10H18N2S2. The molecule has 4 heteroatoms. The van der Waals surface area contributed by atoms with Gasteiger partial charge in [0.25, 0.3) is 0 Å². The highest BCUT2D eigenvalue weighted by Crippen LogP contribution is 2.16. The van der Waals surface area contributed by atoms with E-state index in [4.69, 9.17) is 0 Å². The summed E-state index contributed by atoms with van der Waals surface area (Å²) in [5.41, 5.74) is 1.17. The smallest absolute Gasteiger partial charge is 0.0898 e. The van der Waals surface area contributed by atoms with E-state index in [1.165, 1.54) is 5.69 Å². The summed E-state index contributed by atoms with van der Waals surface area (Å²) in [4.78, 5) is 4.46. The van der Waals surface area contributed by atoms with Gasteiger partial charge in [-0.25, -0.2) is 4.98 Å². The number of thiazole rings is 1. The van der Waals surface area contributed by atoms with Crippen LogP contribution >= 0.6 is 23.1 Å². The van der Waals surface area contributed by atoms with E-state index in [9.17, 15) is 0 Å². The Balaban J connectivity index is 2.39. The van der Waals surface area contributed by atoms with Gasteiger partial charge in [-0.3, -0.25) is 0 Å². The van der Waals surface area contributed by atoms with Gasteiger partial charge in [0.15, 0.2) is 0 Å². The molecule has 1 aromatic heterocycles. The van der Waals surface area contributed by atoms with Gasteiger partial charge in [-0.05, 0) is 20.1 Å². The van der Waals surface area contributed by atoms with Gasteiger partial charge in [0.2, 0.25) is 0 Å². The Morgan fingerprint density at radius 3 is 2.79 bits per heavy atom. The van der Waals surface area contributed by atoms with Crippen molar-refractivity contribution in [1.29, 1.82) is 0 Å². The molecule has 1 rings (SSSR count). The molecule has 0 bridgehead atoms. The maximum Gasteiger partial charge on any atom is 0.0898 e. The fourth-order valence-electron chi connectivity index (χ4n) is 1.11. The lowest BCUT2D eigenvalue weighted by atomic mass is 10.2. The first-order valence-corrected chi connectivity index (χ1v) is 6.98. The predicted octanol–water partition coefficient (Wildman–Crippen LogP) is 2.85. The highest BCUT2D eigenvalue weighted by molar-refractivity contribution is 7.99. The quantitative estimate of drug-likeness (QED) is 0.842. The van der Waals surface area contributed by atoms with Gasteiger partial charge in [-0.2, -0.15) is 11.8 Å². The summed E-state index contributed by atoms with van der Waals surface area (Å²) in [7, 11) is 0. The zero-order valence-corrected chi connectivity index (χ0v) is 10.8. The molecule has 2 unspecified atom stereocenters. The third kappa shape index (κ3) is 3.59. The van der Waals surface area contributed by atoms with E-state index in [-0.39, 0.29) is 0 Å². The fourth-order valence-corrected chi connectivity index (χ4v) is 2.08. The van der Waals surface area contributed by atoms with Gasteiger partial charge in [0.05, 0.1) is 10.7 Å². The van der Waals surface area contributed by atoms with Crippen molar-refractivity contribution in [3.05, 3.63) is 16.1 Å². The SMILES string of the molecule is CSC(C)CNC(C)c1csc(C)n1. The molecule has 1 aromatic rings. The second-order valence-electron chi connectivity index (χ2n) is 3.47. The molecule has 0 saturated carbocycles. The van der Waals surface area contributed by atoms with Crippen LogP contribution in [-0.2, 0) is 0 Å². The monoisotopic (exact) mass is 230 g/mol. The lowest BCUT2D eigenvalue weighted by molar-refractivity contribution is 0.565. The lowest BCUT2D eigenvalue weighted by Gasteiger charge is -2.14. The van der Waals surface area contributed by atoms with Crippen molar-refractivity contribution in [3.63, 3.8) is 0 Å². The molecule has 1 heterocycles. The van der Waals surface area contributed by atoms with Crippen molar-refractivity contribution >= 4 is 23.1 Å². The summed E-state index contributed by atoms with van der Waals surface area (Å²) in [6.07, 6.45) is 2.14. The summed E-state index contributed by atoms with van der Waals surface area (Å²) in [5.74, 6) is 0. The van der Waals surface area contributed by atoms with E-state index < -0.39 is 0 Å². The number of nitrogens with zero attached hydrogens (tertiary/aromatic N) is 1. The van der Waals surface area contributed by atoms with Gasteiger partial charge < -0.3 is 5.32 Å². The first-order chi connectivity index (χ1) is 6.63. The Kier molecular flexibility index (Phi) is 4.92. The topological polar surface area (TPSA) is 24.9 Å². The van der Waals surface area contributed by atoms with E-state index in [0.29, 0.717) is 11.3 Å². The summed E-state index contributed by atoms with van der Waals surface area (Å²) >= 11 is 3.60. The van der Waals surface area contributed by atoms with Crippen molar-refractivity contribution in [2.75, 3.05) is 12.8 Å². The molecule has 1 N–H and O–H groups in total. The molecule has 0 amide bonds. The fraction of sp³-hybridized carbons (Fsp3) is 0.700. The number of aromatic nitrogens is 1. The number of aryl methyl sites for hydroxylation is 1. The Hall–Kier alpha value is -0.0600. The highest BCUT2D eigenvalue weighted by atomic mass is 32.2. The van der Waals surface area contributed by atoms with Crippen molar-refractivity contribution in [2.45, 2.75) is 32.1 Å². The highest BCUT2D eigenvalue weighted by Gasteiger charge is 2.09. The summed E-state index contributed by atoms with van der Waals surface area (Å²) in [5, 5.41) is 7.43. The number of thioether (sulfide) groups is 1. The molecule has 0 aliphatic carbocycles. The first kappa shape index (κ1) is 12.0. The Morgan fingerprint density at radius 1 is 1.57 bits per heavy atom. The second-order valence-corrected chi connectivity index (χ2v) is 5.81. The van der Waals surface area contributed by atoms with E-state index in [0.717, 1.165) is 11.6 Å². The standard InChI is InChI=1S/C10H18N2S2/c1-7(13-4)5-11-8(2)10-6-14-9(3)12-10/h6-8,11H,5H2,1-4H3. The van der Waals surface area contributed by atoms with E-state index in [1.807, 2.05) is 18.7 Å². The molecule has 0 saturated heterocycles. The number of hydrogen-bond acceptors (Lipinski definition) is 4. The van der Waals surface area contributed by atoms with Crippen LogP contribution in [0.25, 0.3) is 0 Å². The second kappa shape index (κ2) is 5.73. The largest absolute Gasteiger partial charge is 0.308 e. The Morgan fingerprint density at radius 2 is 2.29 bits per heavy atom. The average molecular weight is 230 g/mol. The van der Waals surface area contributed by atoms with E-state index >= 15 is 0 Å². The summed E-state index contributed by atoms with van der Waals surface area (Å²) in [6.45, 7) is 7.49. The molecule has 0 radical (unpaired) electrons. The molecule has 0 aliphatic heterocycles. The molecule has 2 atom stereocenters. The van der Waals surface area contributed by atoms with Crippen LogP contribution in [0, 0.1) is 6.92 Å². The first-order valence-electron chi connectivity index (χ1n) is 4.81. The van der Waals surface area contributed by atoms with Crippen molar-refractivity contribution in [2.24, 2.45) is 0 Å². The van der Waals surface area contributed by atoms with Crippen LogP contribution in [0.1, 0.15) is 30.6 Å². The molecule has 80 valence electrons. The zero-order chi connectivity index (χ0) is 10.6. The van der Waals surface area contributed by atoms with Crippen LogP contribution in [-0.4, -0.2) is 23.0 Å². The summed E-state index contributed by atoms with van der Waals surface area (Å²) < 4.78 is 0. The van der Waals surface area contributed by atoms with E-state index in [1.54, 1.807) is 11.3 Å². The molecule has 2 nitrogen and oxygen atoms in total. The molecule has 0 spiro atoms. The van der Waals surface area contributed by atoms with Crippen LogP contribution in [0.5, 0.6) is 0 Å².